The first-order valence-corrected chi connectivity index (χ1v) is 13.6. The minimum Gasteiger partial charge on any atom is -0.442 e. The van der Waals surface area contributed by atoms with Crippen LogP contribution >= 0.6 is 0 Å². The first kappa shape index (κ1) is 28.9. The van der Waals surface area contributed by atoms with Crippen molar-refractivity contribution in [3.8, 4) is 11.8 Å². The highest BCUT2D eigenvalue weighted by Crippen LogP contribution is 2.28. The zero-order valence-corrected chi connectivity index (χ0v) is 23.0. The van der Waals surface area contributed by atoms with Gasteiger partial charge in [0.25, 0.3) is 0 Å². The maximum Gasteiger partial charge on any atom is 0.414 e. The third-order valence-corrected chi connectivity index (χ3v) is 6.93. The molecule has 0 radical (unpaired) electrons. The zero-order chi connectivity index (χ0) is 28.5. The lowest BCUT2D eigenvalue weighted by Crippen LogP contribution is -2.49. The lowest BCUT2D eigenvalue weighted by Gasteiger charge is -2.36. The summed E-state index contributed by atoms with van der Waals surface area (Å²) in [5.41, 5.74) is 3.02. The topological polar surface area (TPSA) is 94.2 Å². The Labute approximate surface area is 234 Å². The monoisotopic (exact) mass is 549 g/mol. The second-order valence-corrected chi connectivity index (χ2v) is 9.94. The van der Waals surface area contributed by atoms with Crippen molar-refractivity contribution in [1.82, 2.24) is 15.5 Å². The third-order valence-electron chi connectivity index (χ3n) is 6.93. The van der Waals surface area contributed by atoms with E-state index < -0.39 is 18.0 Å². The molecule has 2 aromatic rings. The minimum atomic E-state index is -0.570. The van der Waals surface area contributed by atoms with Crippen molar-refractivity contribution in [1.29, 1.82) is 0 Å². The Kier molecular flexibility index (Phi) is 9.97. The molecule has 0 bridgehead atoms. The molecule has 2 aliphatic heterocycles. The summed E-state index contributed by atoms with van der Waals surface area (Å²) >= 11 is 0. The van der Waals surface area contributed by atoms with E-state index >= 15 is 4.39 Å². The van der Waals surface area contributed by atoms with Gasteiger partial charge in [0.15, 0.2) is 0 Å². The molecule has 2 aliphatic rings. The molecule has 0 spiro atoms. The number of carbonyl (C=O) groups is 3. The van der Waals surface area contributed by atoms with Crippen molar-refractivity contribution in [3.63, 3.8) is 0 Å². The van der Waals surface area contributed by atoms with Gasteiger partial charge in [-0.1, -0.05) is 24.0 Å². The quantitative estimate of drug-likeness (QED) is 0.369. The Balaban J connectivity index is 1.21. The first-order valence-electron chi connectivity index (χ1n) is 13.6. The van der Waals surface area contributed by atoms with Gasteiger partial charge in [0, 0.05) is 58.1 Å². The average Bonchev–Trinajstić information content (AvgIpc) is 3.33. The van der Waals surface area contributed by atoms with E-state index in [4.69, 9.17) is 4.74 Å². The molecule has 3 amide bonds. The number of rotatable bonds is 9. The van der Waals surface area contributed by atoms with E-state index in [1.807, 2.05) is 29.0 Å². The molecule has 2 heterocycles. The molecule has 2 fully saturated rings. The Morgan fingerprint density at radius 2 is 1.85 bits per heavy atom. The SMILES string of the molecule is CNCc1ccc(C#CCCCC(=O)N2CCN(c3ccc(N4C[C@H](CNC(C)=O)OC4=O)cc3F)CC2)cc1. The van der Waals surface area contributed by atoms with Gasteiger partial charge in [0.1, 0.15) is 11.9 Å². The fourth-order valence-corrected chi connectivity index (χ4v) is 4.77. The number of carbonyl (C=O) groups excluding carboxylic acids is 3. The highest BCUT2D eigenvalue weighted by molar-refractivity contribution is 5.90. The van der Waals surface area contributed by atoms with Crippen molar-refractivity contribution in [2.24, 2.45) is 0 Å². The minimum absolute atomic E-state index is 0.0926. The predicted molar refractivity (Wildman–Crippen MR) is 151 cm³/mol. The van der Waals surface area contributed by atoms with Crippen LogP contribution in [0.25, 0.3) is 0 Å². The molecule has 1 atom stereocenters. The number of benzene rings is 2. The van der Waals surface area contributed by atoms with Crippen LogP contribution in [0.2, 0.25) is 0 Å². The molecule has 0 aromatic heterocycles. The lowest BCUT2D eigenvalue weighted by molar-refractivity contribution is -0.131. The molecular formula is C30H36FN5O4. The van der Waals surface area contributed by atoms with Crippen LogP contribution < -0.4 is 20.4 Å². The van der Waals surface area contributed by atoms with E-state index in [2.05, 4.69) is 34.6 Å². The van der Waals surface area contributed by atoms with Crippen LogP contribution in [0, 0.1) is 17.7 Å². The third kappa shape index (κ3) is 7.73. The van der Waals surface area contributed by atoms with Gasteiger partial charge < -0.3 is 25.2 Å². The fourth-order valence-electron chi connectivity index (χ4n) is 4.77. The van der Waals surface area contributed by atoms with Crippen LogP contribution in [0.4, 0.5) is 20.6 Å². The number of halogens is 1. The van der Waals surface area contributed by atoms with E-state index in [1.165, 1.54) is 23.5 Å². The molecule has 0 aliphatic carbocycles. The number of hydrogen-bond donors (Lipinski definition) is 2. The summed E-state index contributed by atoms with van der Waals surface area (Å²) in [4.78, 5) is 41.1. The molecule has 2 aromatic carbocycles. The van der Waals surface area contributed by atoms with E-state index in [0.29, 0.717) is 56.8 Å². The van der Waals surface area contributed by atoms with Gasteiger partial charge in [-0.25, -0.2) is 9.18 Å². The summed E-state index contributed by atoms with van der Waals surface area (Å²) < 4.78 is 20.3. The van der Waals surface area contributed by atoms with Crippen molar-refractivity contribution in [3.05, 3.63) is 59.4 Å². The molecule has 10 heteroatoms. The summed E-state index contributed by atoms with van der Waals surface area (Å²) in [6.07, 6.45) is 0.732. The molecule has 2 N–H and O–H groups in total. The van der Waals surface area contributed by atoms with Crippen LogP contribution in [0.1, 0.15) is 37.3 Å². The molecule has 4 rings (SSSR count). The van der Waals surface area contributed by atoms with E-state index in [0.717, 1.165) is 12.1 Å². The zero-order valence-electron chi connectivity index (χ0n) is 23.0. The normalized spacial score (nSPS) is 16.8. The van der Waals surface area contributed by atoms with E-state index in [1.54, 1.807) is 12.1 Å². The lowest BCUT2D eigenvalue weighted by atomic mass is 10.1. The number of nitrogens with one attached hydrogen (secondary N) is 2. The predicted octanol–water partition coefficient (Wildman–Crippen LogP) is 2.88. The van der Waals surface area contributed by atoms with Gasteiger partial charge in [-0.2, -0.15) is 0 Å². The summed E-state index contributed by atoms with van der Waals surface area (Å²) in [5, 5.41) is 5.74. The van der Waals surface area contributed by atoms with Crippen LogP contribution in [0.3, 0.4) is 0 Å². The van der Waals surface area contributed by atoms with Gasteiger partial charge in [-0.05, 0) is 49.4 Å². The maximum absolute atomic E-state index is 15.1. The van der Waals surface area contributed by atoms with E-state index in [9.17, 15) is 14.4 Å². The summed E-state index contributed by atoms with van der Waals surface area (Å²) in [6, 6.07) is 12.8. The largest absolute Gasteiger partial charge is 0.442 e. The summed E-state index contributed by atoms with van der Waals surface area (Å²) in [5.74, 6) is 5.75. The highest BCUT2D eigenvalue weighted by Gasteiger charge is 2.33. The number of hydrogen-bond acceptors (Lipinski definition) is 6. The number of nitrogens with zero attached hydrogens (tertiary/aromatic N) is 3. The van der Waals surface area contributed by atoms with Gasteiger partial charge >= 0.3 is 6.09 Å². The Bertz CT molecular complexity index is 1270. The van der Waals surface area contributed by atoms with Crippen molar-refractivity contribution < 1.29 is 23.5 Å². The van der Waals surface area contributed by atoms with Crippen molar-refractivity contribution in [2.75, 3.05) is 56.1 Å². The second kappa shape index (κ2) is 13.8. The highest BCUT2D eigenvalue weighted by atomic mass is 19.1. The number of unbranched alkanes of at least 4 members (excludes halogenated alkanes) is 1. The number of amides is 3. The Hall–Kier alpha value is -4.10. The molecule has 212 valence electrons. The summed E-state index contributed by atoms with van der Waals surface area (Å²) in [6.45, 7) is 4.75. The van der Waals surface area contributed by atoms with Crippen molar-refractivity contribution >= 4 is 29.3 Å². The van der Waals surface area contributed by atoms with Crippen LogP contribution in [-0.2, 0) is 20.9 Å². The number of piperazine rings is 1. The number of ether oxygens (including phenoxy) is 1. The number of cyclic esters (lactones) is 1. The Morgan fingerprint density at radius 3 is 2.52 bits per heavy atom. The summed E-state index contributed by atoms with van der Waals surface area (Å²) in [7, 11) is 1.91. The van der Waals surface area contributed by atoms with Gasteiger partial charge in [0.05, 0.1) is 24.5 Å². The van der Waals surface area contributed by atoms with Crippen LogP contribution in [-0.4, -0.2) is 75.2 Å². The molecule has 2 saturated heterocycles. The van der Waals surface area contributed by atoms with E-state index in [-0.39, 0.29) is 24.9 Å². The van der Waals surface area contributed by atoms with Gasteiger partial charge in [-0.15, -0.1) is 0 Å². The molecule has 0 saturated carbocycles. The molecule has 40 heavy (non-hydrogen) atoms. The van der Waals surface area contributed by atoms with Crippen LogP contribution in [0.15, 0.2) is 42.5 Å². The molecule has 9 nitrogen and oxygen atoms in total. The van der Waals surface area contributed by atoms with Crippen LogP contribution in [0.5, 0.6) is 0 Å². The smallest absolute Gasteiger partial charge is 0.414 e. The second-order valence-electron chi connectivity index (χ2n) is 9.94. The first-order chi connectivity index (χ1) is 19.3. The Morgan fingerprint density at radius 1 is 1.10 bits per heavy atom. The number of anilines is 2. The standard InChI is InChI=1S/C30H36FN5O4/c1-22(37)33-20-26-21-36(30(39)40-26)25-12-13-28(27(31)18-25)34-14-16-35(17-15-34)29(38)7-5-3-4-6-23-8-10-24(11-9-23)19-32-2/h8-13,18,26,32H,3,5,7,14-17,19-21H2,1-2H3,(H,33,37)/t26-/m0/s1. The average molecular weight is 550 g/mol. The maximum atomic E-state index is 15.1. The van der Waals surface area contributed by atoms with Crippen molar-refractivity contribution in [2.45, 2.75) is 38.8 Å². The van der Waals surface area contributed by atoms with Gasteiger partial charge in [0.2, 0.25) is 11.8 Å². The fraction of sp³-hybridized carbons (Fsp3) is 0.433. The van der Waals surface area contributed by atoms with Gasteiger partial charge in [-0.3, -0.25) is 14.5 Å². The molecule has 0 unspecified atom stereocenters. The molecular weight excluding hydrogens is 513 g/mol.